The summed E-state index contributed by atoms with van der Waals surface area (Å²) in [6.07, 6.45) is 3.59. The number of nitrogens with one attached hydrogen (secondary N) is 3. The second-order valence-corrected chi connectivity index (χ2v) is 8.81. The molecule has 2 amide bonds. The highest BCUT2D eigenvalue weighted by Crippen LogP contribution is 2.19. The first-order valence-electron chi connectivity index (χ1n) is 11.7. The molecular formula is C27H30ClN5O3. The maximum atomic E-state index is 12.8. The molecule has 0 spiro atoms. The van der Waals surface area contributed by atoms with Gasteiger partial charge in [0.05, 0.1) is 29.4 Å². The van der Waals surface area contributed by atoms with Crippen molar-refractivity contribution in [1.29, 1.82) is 0 Å². The molecule has 3 aromatic rings. The predicted molar refractivity (Wildman–Crippen MR) is 144 cm³/mol. The lowest BCUT2D eigenvalue weighted by Crippen LogP contribution is -2.30. The Labute approximate surface area is 216 Å². The fourth-order valence-corrected chi connectivity index (χ4v) is 3.53. The van der Waals surface area contributed by atoms with Crippen molar-refractivity contribution < 1.29 is 14.4 Å². The minimum Gasteiger partial charge on any atom is -0.378 e. The van der Waals surface area contributed by atoms with Crippen LogP contribution in [0.5, 0.6) is 0 Å². The van der Waals surface area contributed by atoms with E-state index in [4.69, 9.17) is 11.6 Å². The van der Waals surface area contributed by atoms with E-state index in [1.54, 1.807) is 60.7 Å². The molecule has 0 atom stereocenters. The predicted octanol–water partition coefficient (Wildman–Crippen LogP) is 4.95. The van der Waals surface area contributed by atoms with Crippen LogP contribution in [0.1, 0.15) is 40.5 Å². The normalized spacial score (nSPS) is 10.7. The number of aromatic nitrogens is 1. The van der Waals surface area contributed by atoms with Gasteiger partial charge in [0, 0.05) is 17.4 Å². The van der Waals surface area contributed by atoms with Crippen LogP contribution in [0.25, 0.3) is 0 Å². The molecule has 0 aliphatic heterocycles. The minimum absolute atomic E-state index is 0.0964. The zero-order valence-electron chi connectivity index (χ0n) is 20.4. The van der Waals surface area contributed by atoms with Crippen LogP contribution in [0.3, 0.4) is 0 Å². The SMILES string of the molecule is CCCCN(C)CC(=O)CNc1ccc(C(=O)Nc2ccccc2C(=O)Nc2ccc(Cl)cn2)cc1. The molecule has 8 nitrogen and oxygen atoms in total. The number of pyridine rings is 1. The van der Waals surface area contributed by atoms with Crippen molar-refractivity contribution in [1.82, 2.24) is 9.88 Å². The highest BCUT2D eigenvalue weighted by Gasteiger charge is 2.15. The fourth-order valence-electron chi connectivity index (χ4n) is 3.42. The lowest BCUT2D eigenvalue weighted by atomic mass is 10.1. The van der Waals surface area contributed by atoms with Crippen molar-refractivity contribution in [3.05, 3.63) is 83.0 Å². The van der Waals surface area contributed by atoms with E-state index in [9.17, 15) is 14.4 Å². The highest BCUT2D eigenvalue weighted by atomic mass is 35.5. The Morgan fingerprint density at radius 1 is 0.944 bits per heavy atom. The van der Waals surface area contributed by atoms with E-state index in [2.05, 4.69) is 27.9 Å². The van der Waals surface area contributed by atoms with E-state index in [-0.39, 0.29) is 18.2 Å². The van der Waals surface area contributed by atoms with Crippen LogP contribution in [0.15, 0.2) is 66.9 Å². The number of ketones is 1. The molecule has 0 saturated carbocycles. The molecule has 3 N–H and O–H groups in total. The Morgan fingerprint density at radius 3 is 2.39 bits per heavy atom. The van der Waals surface area contributed by atoms with Crippen molar-refractivity contribution in [2.75, 3.05) is 42.6 Å². The van der Waals surface area contributed by atoms with E-state index in [1.165, 1.54) is 6.20 Å². The summed E-state index contributed by atoms with van der Waals surface area (Å²) >= 11 is 5.84. The summed E-state index contributed by atoms with van der Waals surface area (Å²) < 4.78 is 0. The van der Waals surface area contributed by atoms with Gasteiger partial charge in [0.15, 0.2) is 5.78 Å². The highest BCUT2D eigenvalue weighted by molar-refractivity contribution is 6.30. The molecular weight excluding hydrogens is 478 g/mol. The van der Waals surface area contributed by atoms with Gasteiger partial charge in [-0.05, 0) is 68.5 Å². The van der Waals surface area contributed by atoms with Crippen molar-refractivity contribution in [2.45, 2.75) is 19.8 Å². The Morgan fingerprint density at radius 2 is 1.69 bits per heavy atom. The van der Waals surface area contributed by atoms with E-state index in [0.717, 1.165) is 25.1 Å². The average Bonchev–Trinajstić information content (AvgIpc) is 2.88. The van der Waals surface area contributed by atoms with Gasteiger partial charge in [0.1, 0.15) is 5.82 Å². The van der Waals surface area contributed by atoms with Gasteiger partial charge >= 0.3 is 0 Å². The minimum atomic E-state index is -0.412. The zero-order chi connectivity index (χ0) is 25.9. The Balaban J connectivity index is 1.57. The molecule has 0 aliphatic carbocycles. The van der Waals surface area contributed by atoms with Crippen molar-refractivity contribution in [3.63, 3.8) is 0 Å². The van der Waals surface area contributed by atoms with Gasteiger partial charge in [0.25, 0.3) is 11.8 Å². The number of rotatable bonds is 12. The van der Waals surface area contributed by atoms with Crippen LogP contribution in [-0.2, 0) is 4.79 Å². The fraction of sp³-hybridized carbons (Fsp3) is 0.259. The lowest BCUT2D eigenvalue weighted by Gasteiger charge is -2.15. The number of carbonyl (C=O) groups excluding carboxylic acids is 3. The van der Waals surface area contributed by atoms with E-state index in [1.807, 2.05) is 11.9 Å². The summed E-state index contributed by atoms with van der Waals surface area (Å²) in [6.45, 7) is 3.63. The smallest absolute Gasteiger partial charge is 0.258 e. The lowest BCUT2D eigenvalue weighted by molar-refractivity contribution is -0.118. The number of benzene rings is 2. The van der Waals surface area contributed by atoms with Crippen LogP contribution < -0.4 is 16.0 Å². The summed E-state index contributed by atoms with van der Waals surface area (Å²) in [4.78, 5) is 43.8. The van der Waals surface area contributed by atoms with Crippen LogP contribution >= 0.6 is 11.6 Å². The topological polar surface area (TPSA) is 103 Å². The first-order chi connectivity index (χ1) is 17.4. The van der Waals surface area contributed by atoms with Crippen LogP contribution in [0.4, 0.5) is 17.2 Å². The second kappa shape index (κ2) is 13.4. The number of carbonyl (C=O) groups is 3. The Bertz CT molecular complexity index is 1180. The van der Waals surface area contributed by atoms with Crippen molar-refractivity contribution >= 4 is 46.4 Å². The quantitative estimate of drug-likeness (QED) is 0.320. The molecule has 2 aromatic carbocycles. The van der Waals surface area contributed by atoms with Crippen molar-refractivity contribution in [2.24, 2.45) is 0 Å². The summed E-state index contributed by atoms with van der Waals surface area (Å²) in [5.41, 5.74) is 1.82. The van der Waals surface area contributed by atoms with Gasteiger partial charge in [-0.25, -0.2) is 4.98 Å². The van der Waals surface area contributed by atoms with Gasteiger partial charge in [0.2, 0.25) is 0 Å². The molecule has 0 aliphatic rings. The first kappa shape index (κ1) is 26.8. The summed E-state index contributed by atoms with van der Waals surface area (Å²) in [6, 6.07) is 16.7. The molecule has 3 rings (SSSR count). The van der Waals surface area contributed by atoms with Gasteiger partial charge in [-0.3, -0.25) is 19.3 Å². The molecule has 0 unspecified atom stereocenters. The third-order valence-corrected chi connectivity index (χ3v) is 5.59. The molecule has 0 fully saturated rings. The van der Waals surface area contributed by atoms with Crippen LogP contribution in [0, 0.1) is 0 Å². The molecule has 188 valence electrons. The zero-order valence-corrected chi connectivity index (χ0v) is 21.1. The molecule has 36 heavy (non-hydrogen) atoms. The molecule has 0 radical (unpaired) electrons. The molecule has 1 heterocycles. The molecule has 1 aromatic heterocycles. The number of unbranched alkanes of at least 4 members (excludes halogenated alkanes) is 1. The Hall–Kier alpha value is -3.75. The maximum Gasteiger partial charge on any atom is 0.258 e. The number of hydrogen-bond donors (Lipinski definition) is 3. The van der Waals surface area contributed by atoms with E-state index >= 15 is 0 Å². The number of nitrogens with zero attached hydrogens (tertiary/aromatic N) is 2. The van der Waals surface area contributed by atoms with Crippen LogP contribution in [-0.4, -0.2) is 54.2 Å². The number of para-hydroxylation sites is 1. The average molecular weight is 508 g/mol. The summed E-state index contributed by atoms with van der Waals surface area (Å²) in [5.74, 6) is -0.330. The molecule has 9 heteroatoms. The van der Waals surface area contributed by atoms with Gasteiger partial charge in [-0.2, -0.15) is 0 Å². The van der Waals surface area contributed by atoms with E-state index < -0.39 is 5.91 Å². The standard InChI is InChI=1S/C27H30ClN5O3/c1-3-4-15-33(2)18-22(34)17-29-21-12-9-19(10-13-21)26(35)31-24-8-6-5-7-23(24)27(36)32-25-14-11-20(28)16-30-25/h5-14,16,29H,3-4,15,17-18H2,1-2H3,(H,31,35)(H,30,32,36). The summed E-state index contributed by atoms with van der Waals surface area (Å²) in [7, 11) is 1.94. The molecule has 0 saturated heterocycles. The van der Waals surface area contributed by atoms with Gasteiger partial charge in [-0.1, -0.05) is 37.1 Å². The molecule has 0 bridgehead atoms. The summed E-state index contributed by atoms with van der Waals surface area (Å²) in [5, 5.41) is 9.04. The van der Waals surface area contributed by atoms with Gasteiger partial charge in [-0.15, -0.1) is 0 Å². The second-order valence-electron chi connectivity index (χ2n) is 8.38. The monoisotopic (exact) mass is 507 g/mol. The number of Topliss-reactive ketones (excluding diaryl/α,β-unsaturated/α-hetero) is 1. The Kier molecular flexibility index (Phi) is 9.97. The third-order valence-electron chi connectivity index (χ3n) is 5.37. The largest absolute Gasteiger partial charge is 0.378 e. The number of amides is 2. The first-order valence-corrected chi connectivity index (χ1v) is 12.1. The number of hydrogen-bond acceptors (Lipinski definition) is 6. The van der Waals surface area contributed by atoms with Crippen LogP contribution in [0.2, 0.25) is 5.02 Å². The maximum absolute atomic E-state index is 12.8. The number of anilines is 3. The number of likely N-dealkylation sites (N-methyl/N-ethyl adjacent to an activating group) is 1. The van der Waals surface area contributed by atoms with Crippen molar-refractivity contribution in [3.8, 4) is 0 Å². The van der Waals surface area contributed by atoms with Gasteiger partial charge < -0.3 is 16.0 Å². The van der Waals surface area contributed by atoms with E-state index in [0.29, 0.717) is 34.2 Å². The number of halogens is 1. The third kappa shape index (κ3) is 8.18.